The molecule has 3 rings (SSSR count). The summed E-state index contributed by atoms with van der Waals surface area (Å²) in [4.78, 5) is 11.0. The van der Waals surface area contributed by atoms with Gasteiger partial charge in [-0.2, -0.15) is 5.10 Å². The van der Waals surface area contributed by atoms with E-state index < -0.39 is 5.97 Å². The van der Waals surface area contributed by atoms with Crippen molar-refractivity contribution in [2.45, 2.75) is 19.3 Å². The van der Waals surface area contributed by atoms with Gasteiger partial charge in [-0.15, -0.1) is 0 Å². The summed E-state index contributed by atoms with van der Waals surface area (Å²) >= 11 is 0. The van der Waals surface area contributed by atoms with E-state index in [-0.39, 0.29) is 11.7 Å². The summed E-state index contributed by atoms with van der Waals surface area (Å²) in [5.41, 5.74) is 2.96. The summed E-state index contributed by atoms with van der Waals surface area (Å²) in [6.07, 6.45) is 3.65. The largest absolute Gasteiger partial charge is 0.508 e. The van der Waals surface area contributed by atoms with Crippen molar-refractivity contribution in [2.75, 3.05) is 0 Å². The van der Waals surface area contributed by atoms with Crippen LogP contribution in [0.2, 0.25) is 0 Å². The Balaban J connectivity index is 1.95. The van der Waals surface area contributed by atoms with Gasteiger partial charge in [-0.05, 0) is 49.1 Å². The molecule has 0 bridgehead atoms. The van der Waals surface area contributed by atoms with Crippen molar-refractivity contribution in [3.63, 3.8) is 0 Å². The second kappa shape index (κ2) is 4.42. The van der Waals surface area contributed by atoms with Crippen LogP contribution >= 0.6 is 0 Å². The monoisotopic (exact) mass is 258 g/mol. The van der Waals surface area contributed by atoms with Crippen LogP contribution in [0.25, 0.3) is 5.69 Å². The van der Waals surface area contributed by atoms with E-state index in [9.17, 15) is 9.90 Å². The maximum absolute atomic E-state index is 11.0. The first-order chi connectivity index (χ1) is 9.15. The SMILES string of the molecule is O=C(O)[C@H]1CCc2c(cnn2-c2ccc(O)cc2)C1. The molecule has 1 aromatic heterocycles. The number of benzene rings is 1. The number of carboxylic acids is 1. The number of phenols is 1. The van der Waals surface area contributed by atoms with E-state index in [0.29, 0.717) is 19.3 Å². The molecule has 0 fully saturated rings. The molecule has 1 aliphatic carbocycles. The predicted octanol–water partition coefficient (Wildman–Crippen LogP) is 1.77. The van der Waals surface area contributed by atoms with Gasteiger partial charge in [0.2, 0.25) is 0 Å². The Labute approximate surface area is 110 Å². The average molecular weight is 258 g/mol. The highest BCUT2D eigenvalue weighted by Crippen LogP contribution is 2.27. The van der Waals surface area contributed by atoms with Crippen LogP contribution in [0.1, 0.15) is 17.7 Å². The second-order valence-corrected chi connectivity index (χ2v) is 4.82. The van der Waals surface area contributed by atoms with E-state index in [2.05, 4.69) is 5.10 Å². The standard InChI is InChI=1S/C14H14N2O3/c17-12-4-2-11(3-5-12)16-13-6-1-9(14(18)19)7-10(13)8-15-16/h2-5,8-9,17H,1,6-7H2,(H,18,19)/t9-/m0/s1. The fraction of sp³-hybridized carbons (Fsp3) is 0.286. The average Bonchev–Trinajstić information content (AvgIpc) is 2.82. The molecule has 0 unspecified atom stereocenters. The summed E-state index contributed by atoms with van der Waals surface area (Å²) < 4.78 is 1.83. The van der Waals surface area contributed by atoms with E-state index in [4.69, 9.17) is 5.11 Å². The number of aromatic hydroxyl groups is 1. The van der Waals surface area contributed by atoms with E-state index >= 15 is 0 Å². The van der Waals surface area contributed by atoms with Crippen LogP contribution < -0.4 is 0 Å². The zero-order chi connectivity index (χ0) is 13.4. The summed E-state index contributed by atoms with van der Waals surface area (Å²) in [5.74, 6) is -0.816. The number of carbonyl (C=O) groups is 1. The molecule has 98 valence electrons. The number of hydrogen-bond donors (Lipinski definition) is 2. The van der Waals surface area contributed by atoms with Crippen LogP contribution in [0.3, 0.4) is 0 Å². The van der Waals surface area contributed by atoms with Gasteiger partial charge < -0.3 is 10.2 Å². The van der Waals surface area contributed by atoms with E-state index in [1.807, 2.05) is 4.68 Å². The fourth-order valence-electron chi connectivity index (χ4n) is 2.55. The van der Waals surface area contributed by atoms with Crippen molar-refractivity contribution in [1.82, 2.24) is 9.78 Å². The minimum atomic E-state index is -0.733. The van der Waals surface area contributed by atoms with E-state index in [1.54, 1.807) is 30.5 Å². The number of fused-ring (bicyclic) bond motifs is 1. The molecule has 5 heteroatoms. The smallest absolute Gasteiger partial charge is 0.306 e. The lowest BCUT2D eigenvalue weighted by molar-refractivity contribution is -0.142. The molecule has 0 saturated carbocycles. The lowest BCUT2D eigenvalue weighted by Crippen LogP contribution is -2.22. The molecule has 5 nitrogen and oxygen atoms in total. The molecule has 0 spiro atoms. The highest BCUT2D eigenvalue weighted by molar-refractivity contribution is 5.71. The number of nitrogens with zero attached hydrogens (tertiary/aromatic N) is 2. The normalized spacial score (nSPS) is 18.0. The Kier molecular flexibility index (Phi) is 2.74. The Bertz CT molecular complexity index is 616. The Morgan fingerprint density at radius 3 is 2.74 bits per heavy atom. The van der Waals surface area contributed by atoms with Crippen LogP contribution in [-0.2, 0) is 17.6 Å². The van der Waals surface area contributed by atoms with Gasteiger partial charge in [-0.3, -0.25) is 4.79 Å². The molecule has 1 atom stereocenters. The van der Waals surface area contributed by atoms with Crippen molar-refractivity contribution in [2.24, 2.45) is 5.92 Å². The predicted molar refractivity (Wildman–Crippen MR) is 68.4 cm³/mol. The van der Waals surface area contributed by atoms with Crippen LogP contribution in [0.15, 0.2) is 30.5 Å². The maximum atomic E-state index is 11.0. The molecule has 2 aromatic rings. The number of aromatic nitrogens is 2. The maximum Gasteiger partial charge on any atom is 0.306 e. The Hall–Kier alpha value is -2.30. The first-order valence-corrected chi connectivity index (χ1v) is 6.23. The fourth-order valence-corrected chi connectivity index (χ4v) is 2.55. The molecule has 0 saturated heterocycles. The molecule has 19 heavy (non-hydrogen) atoms. The summed E-state index contributed by atoms with van der Waals surface area (Å²) in [6.45, 7) is 0. The zero-order valence-electron chi connectivity index (χ0n) is 10.3. The van der Waals surface area contributed by atoms with Crippen LogP contribution in [0.4, 0.5) is 0 Å². The second-order valence-electron chi connectivity index (χ2n) is 4.82. The van der Waals surface area contributed by atoms with Crippen molar-refractivity contribution in [3.8, 4) is 11.4 Å². The molecular formula is C14H14N2O3. The lowest BCUT2D eigenvalue weighted by atomic mass is 9.88. The summed E-state index contributed by atoms with van der Waals surface area (Å²) in [6, 6.07) is 6.83. The Morgan fingerprint density at radius 1 is 1.32 bits per heavy atom. The van der Waals surface area contributed by atoms with Gasteiger partial charge in [0.1, 0.15) is 5.75 Å². The van der Waals surface area contributed by atoms with E-state index in [0.717, 1.165) is 16.9 Å². The van der Waals surface area contributed by atoms with Gasteiger partial charge in [-0.1, -0.05) is 0 Å². The molecule has 1 aromatic carbocycles. The molecular weight excluding hydrogens is 244 g/mol. The minimum Gasteiger partial charge on any atom is -0.508 e. The summed E-state index contributed by atoms with van der Waals surface area (Å²) in [7, 11) is 0. The summed E-state index contributed by atoms with van der Waals surface area (Å²) in [5, 5.41) is 22.7. The van der Waals surface area contributed by atoms with Crippen LogP contribution in [0, 0.1) is 5.92 Å². The van der Waals surface area contributed by atoms with Crippen LogP contribution in [-0.4, -0.2) is 26.0 Å². The van der Waals surface area contributed by atoms with Gasteiger partial charge in [0.15, 0.2) is 0 Å². The van der Waals surface area contributed by atoms with Crippen molar-refractivity contribution in [3.05, 3.63) is 41.7 Å². The first-order valence-electron chi connectivity index (χ1n) is 6.23. The van der Waals surface area contributed by atoms with Gasteiger partial charge in [0, 0.05) is 5.69 Å². The number of aliphatic carboxylic acids is 1. The number of carboxylic acid groups (broad SMARTS) is 1. The third kappa shape index (κ3) is 2.07. The molecule has 1 aliphatic rings. The number of hydrogen-bond acceptors (Lipinski definition) is 3. The highest BCUT2D eigenvalue weighted by Gasteiger charge is 2.27. The van der Waals surface area contributed by atoms with Gasteiger partial charge >= 0.3 is 5.97 Å². The Morgan fingerprint density at radius 2 is 2.05 bits per heavy atom. The van der Waals surface area contributed by atoms with Gasteiger partial charge in [-0.25, -0.2) is 4.68 Å². The molecule has 0 aliphatic heterocycles. The van der Waals surface area contributed by atoms with E-state index in [1.165, 1.54) is 0 Å². The van der Waals surface area contributed by atoms with Crippen molar-refractivity contribution in [1.29, 1.82) is 0 Å². The quantitative estimate of drug-likeness (QED) is 0.860. The molecule has 2 N–H and O–H groups in total. The highest BCUT2D eigenvalue weighted by atomic mass is 16.4. The first kappa shape index (κ1) is 11.8. The van der Waals surface area contributed by atoms with Gasteiger partial charge in [0.25, 0.3) is 0 Å². The lowest BCUT2D eigenvalue weighted by Gasteiger charge is -2.19. The minimum absolute atomic E-state index is 0.218. The third-order valence-corrected chi connectivity index (χ3v) is 3.59. The van der Waals surface area contributed by atoms with Crippen molar-refractivity contribution < 1.29 is 15.0 Å². The number of rotatable bonds is 2. The molecule has 0 amide bonds. The number of phenolic OH excluding ortho intramolecular Hbond substituents is 1. The topological polar surface area (TPSA) is 75.3 Å². The van der Waals surface area contributed by atoms with Gasteiger partial charge in [0.05, 0.1) is 17.8 Å². The zero-order valence-corrected chi connectivity index (χ0v) is 10.3. The molecule has 1 heterocycles. The molecule has 0 radical (unpaired) electrons. The van der Waals surface area contributed by atoms with Crippen LogP contribution in [0.5, 0.6) is 5.75 Å². The van der Waals surface area contributed by atoms with Crippen molar-refractivity contribution >= 4 is 5.97 Å². The third-order valence-electron chi connectivity index (χ3n) is 3.59.